The fraction of sp³-hybridized carbons (Fsp3) is 0.312. The molecule has 0 aliphatic carbocycles. The van der Waals surface area contributed by atoms with Gasteiger partial charge in [0.2, 0.25) is 5.89 Å². The zero-order valence-electron chi connectivity index (χ0n) is 13.4. The number of halogens is 1. The summed E-state index contributed by atoms with van der Waals surface area (Å²) in [5.74, 6) is 2.13. The molecule has 0 saturated carbocycles. The van der Waals surface area contributed by atoms with Gasteiger partial charge in [0.05, 0.1) is 23.9 Å². The number of nitrogens with one attached hydrogen (secondary N) is 2. The van der Waals surface area contributed by atoms with Gasteiger partial charge in [-0.1, -0.05) is 12.1 Å². The van der Waals surface area contributed by atoms with Crippen LogP contribution in [0.15, 0.2) is 33.7 Å². The molecule has 1 heterocycles. The van der Waals surface area contributed by atoms with Gasteiger partial charge in [0.1, 0.15) is 5.76 Å². The van der Waals surface area contributed by atoms with E-state index in [1.54, 1.807) is 19.2 Å². The third-order valence-corrected chi connectivity index (χ3v) is 3.25. The summed E-state index contributed by atoms with van der Waals surface area (Å²) in [7, 11) is 1.71. The van der Waals surface area contributed by atoms with E-state index in [9.17, 15) is 0 Å². The van der Waals surface area contributed by atoms with E-state index < -0.39 is 0 Å². The number of benzene rings is 1. The first-order valence-electron chi connectivity index (χ1n) is 6.99. The quantitative estimate of drug-likeness (QED) is 0.447. The Morgan fingerprint density at radius 2 is 1.87 bits per heavy atom. The van der Waals surface area contributed by atoms with Gasteiger partial charge in [-0.3, -0.25) is 4.99 Å². The molecule has 2 N–H and O–H groups in total. The maximum atomic E-state index is 8.77. The number of aromatic nitrogens is 1. The molecule has 0 radical (unpaired) electrons. The van der Waals surface area contributed by atoms with Crippen molar-refractivity contribution in [3.63, 3.8) is 0 Å². The van der Waals surface area contributed by atoms with Gasteiger partial charge in [-0.2, -0.15) is 5.26 Å². The van der Waals surface area contributed by atoms with Gasteiger partial charge >= 0.3 is 0 Å². The predicted octanol–water partition coefficient (Wildman–Crippen LogP) is 2.65. The second kappa shape index (κ2) is 9.15. The summed E-state index contributed by atoms with van der Waals surface area (Å²) in [5, 5.41) is 15.1. The Hall–Kier alpha value is -2.08. The van der Waals surface area contributed by atoms with Crippen molar-refractivity contribution < 1.29 is 4.42 Å². The lowest BCUT2D eigenvalue weighted by molar-refractivity contribution is 0.463. The Kier molecular flexibility index (Phi) is 7.54. The smallest absolute Gasteiger partial charge is 0.214 e. The highest BCUT2D eigenvalue weighted by Gasteiger charge is 2.06. The SMILES string of the molecule is CN=C(NCc1ccc(C#N)cc1)NCc1nc(C)c(C)o1.I. The third-order valence-electron chi connectivity index (χ3n) is 3.25. The average Bonchev–Trinajstić information content (AvgIpc) is 2.86. The molecule has 1 aromatic heterocycles. The normalized spacial score (nSPS) is 10.6. The van der Waals surface area contributed by atoms with Crippen molar-refractivity contribution in [1.29, 1.82) is 5.26 Å². The lowest BCUT2D eigenvalue weighted by Gasteiger charge is -2.10. The van der Waals surface area contributed by atoms with Crippen LogP contribution in [0.3, 0.4) is 0 Å². The summed E-state index contributed by atoms with van der Waals surface area (Å²) in [5.41, 5.74) is 2.63. The summed E-state index contributed by atoms with van der Waals surface area (Å²) < 4.78 is 5.51. The molecule has 2 rings (SSSR count). The van der Waals surface area contributed by atoms with Crippen LogP contribution in [0, 0.1) is 25.2 Å². The second-order valence-electron chi connectivity index (χ2n) is 4.84. The van der Waals surface area contributed by atoms with Crippen LogP contribution in [-0.2, 0) is 13.1 Å². The molecule has 0 aliphatic heterocycles. The van der Waals surface area contributed by atoms with Crippen molar-refractivity contribution in [2.24, 2.45) is 4.99 Å². The highest BCUT2D eigenvalue weighted by atomic mass is 127. The molecule has 0 bridgehead atoms. The van der Waals surface area contributed by atoms with Gasteiger partial charge in [0, 0.05) is 13.6 Å². The number of hydrogen-bond acceptors (Lipinski definition) is 4. The van der Waals surface area contributed by atoms with E-state index >= 15 is 0 Å². The zero-order chi connectivity index (χ0) is 15.9. The molecule has 0 saturated heterocycles. The van der Waals surface area contributed by atoms with Crippen LogP contribution in [-0.4, -0.2) is 18.0 Å². The van der Waals surface area contributed by atoms with Crippen molar-refractivity contribution >= 4 is 29.9 Å². The van der Waals surface area contributed by atoms with Gasteiger partial charge in [0.25, 0.3) is 0 Å². The molecular weight excluding hydrogens is 405 g/mol. The standard InChI is InChI=1S/C16H19N5O.HI/c1-11-12(2)22-15(21-11)10-20-16(18-3)19-9-14-6-4-13(8-17)5-7-14;/h4-7H,9-10H2,1-3H3,(H2,18,19,20);1H. The third kappa shape index (κ3) is 5.56. The first-order chi connectivity index (χ1) is 10.6. The van der Waals surface area contributed by atoms with Gasteiger partial charge < -0.3 is 15.1 Å². The molecule has 6 nitrogen and oxygen atoms in total. The maximum absolute atomic E-state index is 8.77. The summed E-state index contributed by atoms with van der Waals surface area (Å²) in [4.78, 5) is 8.47. The molecule has 0 unspecified atom stereocenters. The monoisotopic (exact) mass is 425 g/mol. The number of aryl methyl sites for hydroxylation is 2. The Labute approximate surface area is 153 Å². The Bertz CT molecular complexity index is 681. The topological polar surface area (TPSA) is 86.2 Å². The minimum atomic E-state index is 0. The van der Waals surface area contributed by atoms with Crippen LogP contribution >= 0.6 is 24.0 Å². The Balaban J connectivity index is 0.00000264. The summed E-state index contributed by atoms with van der Waals surface area (Å²) in [6, 6.07) is 9.53. The number of guanidine groups is 1. The van der Waals surface area contributed by atoms with Crippen LogP contribution in [0.2, 0.25) is 0 Å². The largest absolute Gasteiger partial charge is 0.444 e. The van der Waals surface area contributed by atoms with Crippen LogP contribution < -0.4 is 10.6 Å². The molecule has 7 heteroatoms. The first-order valence-corrected chi connectivity index (χ1v) is 6.99. The van der Waals surface area contributed by atoms with E-state index in [0.29, 0.717) is 30.5 Å². The lowest BCUT2D eigenvalue weighted by Crippen LogP contribution is -2.36. The summed E-state index contributed by atoms with van der Waals surface area (Å²) in [6.07, 6.45) is 0. The molecule has 0 spiro atoms. The molecular formula is C16H20IN5O. The van der Waals surface area contributed by atoms with Crippen LogP contribution in [0.5, 0.6) is 0 Å². The number of rotatable bonds is 4. The molecule has 0 atom stereocenters. The van der Waals surface area contributed by atoms with E-state index in [0.717, 1.165) is 17.0 Å². The van der Waals surface area contributed by atoms with E-state index in [4.69, 9.17) is 9.68 Å². The molecule has 0 amide bonds. The summed E-state index contributed by atoms with van der Waals surface area (Å²) >= 11 is 0. The number of hydrogen-bond donors (Lipinski definition) is 2. The van der Waals surface area contributed by atoms with Crippen molar-refractivity contribution in [1.82, 2.24) is 15.6 Å². The minimum absolute atomic E-state index is 0. The van der Waals surface area contributed by atoms with Gasteiger partial charge in [0.15, 0.2) is 5.96 Å². The number of oxazole rings is 1. The van der Waals surface area contributed by atoms with Gasteiger partial charge in [-0.25, -0.2) is 4.98 Å². The number of nitriles is 1. The number of aliphatic imine (C=N–C) groups is 1. The fourth-order valence-electron chi connectivity index (χ4n) is 1.88. The second-order valence-corrected chi connectivity index (χ2v) is 4.84. The molecule has 0 fully saturated rings. The minimum Gasteiger partial charge on any atom is -0.444 e. The van der Waals surface area contributed by atoms with E-state index in [2.05, 4.69) is 26.7 Å². The maximum Gasteiger partial charge on any atom is 0.214 e. The molecule has 2 aromatic rings. The van der Waals surface area contributed by atoms with E-state index in [-0.39, 0.29) is 24.0 Å². The first kappa shape index (κ1) is 19.0. The van der Waals surface area contributed by atoms with Crippen molar-refractivity contribution in [3.05, 3.63) is 52.7 Å². The predicted molar refractivity (Wildman–Crippen MR) is 99.6 cm³/mol. The van der Waals surface area contributed by atoms with E-state index in [1.165, 1.54) is 0 Å². The highest BCUT2D eigenvalue weighted by Crippen LogP contribution is 2.07. The van der Waals surface area contributed by atoms with Crippen LogP contribution in [0.4, 0.5) is 0 Å². The van der Waals surface area contributed by atoms with Gasteiger partial charge in [-0.05, 0) is 31.5 Å². The Morgan fingerprint density at radius 3 is 2.39 bits per heavy atom. The Morgan fingerprint density at radius 1 is 1.22 bits per heavy atom. The van der Waals surface area contributed by atoms with Crippen LogP contribution in [0.1, 0.15) is 28.5 Å². The highest BCUT2D eigenvalue weighted by molar-refractivity contribution is 14.0. The lowest BCUT2D eigenvalue weighted by atomic mass is 10.1. The number of nitrogens with zero attached hydrogens (tertiary/aromatic N) is 3. The molecule has 23 heavy (non-hydrogen) atoms. The van der Waals surface area contributed by atoms with Crippen molar-refractivity contribution in [2.45, 2.75) is 26.9 Å². The summed E-state index contributed by atoms with van der Waals surface area (Å²) in [6.45, 7) is 4.90. The zero-order valence-corrected chi connectivity index (χ0v) is 15.7. The van der Waals surface area contributed by atoms with Crippen molar-refractivity contribution in [2.75, 3.05) is 7.05 Å². The molecule has 1 aromatic carbocycles. The van der Waals surface area contributed by atoms with Crippen LogP contribution in [0.25, 0.3) is 0 Å². The van der Waals surface area contributed by atoms with Crippen molar-refractivity contribution in [3.8, 4) is 6.07 Å². The van der Waals surface area contributed by atoms with E-state index in [1.807, 2.05) is 26.0 Å². The molecule has 122 valence electrons. The fourth-order valence-corrected chi connectivity index (χ4v) is 1.88. The molecule has 0 aliphatic rings. The van der Waals surface area contributed by atoms with Gasteiger partial charge in [-0.15, -0.1) is 24.0 Å². The average molecular weight is 425 g/mol.